The van der Waals surface area contributed by atoms with Crippen molar-refractivity contribution in [3.63, 3.8) is 0 Å². The fourth-order valence-corrected chi connectivity index (χ4v) is 2.73. The first-order valence-corrected chi connectivity index (χ1v) is 9.90. The number of phenolic OH excluding ortho intramolecular Hbond substituents is 1. The number of likely N-dealkylation sites (N-methyl/N-ethyl adjacent to an activating group) is 1. The van der Waals surface area contributed by atoms with E-state index in [2.05, 4.69) is 10.1 Å². The second-order valence-electron chi connectivity index (χ2n) is 6.96. The molecule has 0 aliphatic heterocycles. The van der Waals surface area contributed by atoms with Crippen molar-refractivity contribution >= 4 is 29.5 Å². The third-order valence-electron chi connectivity index (χ3n) is 4.56. The predicted molar refractivity (Wildman–Crippen MR) is 116 cm³/mol. The Balaban J connectivity index is 1.85. The normalized spacial score (nSPS) is 10.1. The lowest BCUT2D eigenvalue weighted by molar-refractivity contribution is -0.151. The van der Waals surface area contributed by atoms with Crippen molar-refractivity contribution in [3.05, 3.63) is 65.2 Å². The number of hydrogen-bond acceptors (Lipinski definition) is 8. The predicted octanol–water partition coefficient (Wildman–Crippen LogP) is 1.71. The Morgan fingerprint density at radius 1 is 1.03 bits per heavy atom. The van der Waals surface area contributed by atoms with Gasteiger partial charge in [-0.25, -0.2) is 9.59 Å². The third-order valence-corrected chi connectivity index (χ3v) is 4.56. The summed E-state index contributed by atoms with van der Waals surface area (Å²) in [6, 6.07) is 12.7. The van der Waals surface area contributed by atoms with Crippen LogP contribution in [0.15, 0.2) is 48.5 Å². The molecule has 0 aliphatic rings. The van der Waals surface area contributed by atoms with Crippen molar-refractivity contribution in [3.8, 4) is 5.75 Å². The van der Waals surface area contributed by atoms with E-state index in [0.717, 1.165) is 18.7 Å². The summed E-state index contributed by atoms with van der Waals surface area (Å²) in [7, 11) is 2.50. The van der Waals surface area contributed by atoms with Crippen LogP contribution < -0.4 is 5.32 Å². The standard InChI is InChI=1S/C23H24N2O8/c1-25(11-10-24-23(31)33-14-15-6-4-3-5-7-15)21(29)17-9-8-16(12-19(17)27)18(26)13-20(28)22(30)32-2/h3-9,12,27H,10-11,13-14H2,1-2H3,(H,24,31). The molecule has 174 valence electrons. The number of alkyl carbamates (subject to hydrolysis) is 1. The third kappa shape index (κ3) is 7.46. The Hall–Kier alpha value is -4.21. The number of aromatic hydroxyl groups is 1. The number of ether oxygens (including phenoxy) is 2. The van der Waals surface area contributed by atoms with Gasteiger partial charge >= 0.3 is 12.1 Å². The molecular formula is C23H24N2O8. The number of rotatable bonds is 10. The SMILES string of the molecule is COC(=O)C(=O)CC(=O)c1ccc(C(=O)N(C)CCNC(=O)OCc2ccccc2)c(O)c1. The summed E-state index contributed by atoms with van der Waals surface area (Å²) in [5.41, 5.74) is 0.735. The summed E-state index contributed by atoms with van der Waals surface area (Å²) in [6.45, 7) is 0.363. The summed E-state index contributed by atoms with van der Waals surface area (Å²) in [6.07, 6.45) is -1.35. The van der Waals surface area contributed by atoms with Gasteiger partial charge in [0.05, 0.1) is 19.1 Å². The van der Waals surface area contributed by atoms with Crippen molar-refractivity contribution in [2.75, 3.05) is 27.2 Å². The fraction of sp³-hybridized carbons (Fsp3) is 0.261. The average molecular weight is 456 g/mol. The molecule has 0 aliphatic carbocycles. The highest BCUT2D eigenvalue weighted by atomic mass is 16.5. The average Bonchev–Trinajstić information content (AvgIpc) is 2.82. The van der Waals surface area contributed by atoms with Crippen molar-refractivity contribution < 1.29 is 38.6 Å². The van der Waals surface area contributed by atoms with Gasteiger partial charge in [-0.15, -0.1) is 0 Å². The molecule has 0 aromatic heterocycles. The van der Waals surface area contributed by atoms with Gasteiger partial charge in [-0.2, -0.15) is 0 Å². The molecule has 33 heavy (non-hydrogen) atoms. The summed E-state index contributed by atoms with van der Waals surface area (Å²) in [5.74, 6) is -3.86. The van der Waals surface area contributed by atoms with Gasteiger partial charge in [0.2, 0.25) is 5.78 Å². The van der Waals surface area contributed by atoms with Crippen molar-refractivity contribution in [2.24, 2.45) is 0 Å². The molecule has 10 nitrogen and oxygen atoms in total. The molecule has 0 atom stereocenters. The maximum absolute atomic E-state index is 12.6. The first-order chi connectivity index (χ1) is 15.7. The summed E-state index contributed by atoms with van der Waals surface area (Å²) >= 11 is 0. The number of methoxy groups -OCH3 is 1. The second-order valence-corrected chi connectivity index (χ2v) is 6.96. The Bertz CT molecular complexity index is 1040. The Morgan fingerprint density at radius 3 is 2.36 bits per heavy atom. The van der Waals surface area contributed by atoms with Gasteiger partial charge in [0.15, 0.2) is 5.78 Å². The lowest BCUT2D eigenvalue weighted by Crippen LogP contribution is -2.36. The van der Waals surface area contributed by atoms with E-state index >= 15 is 0 Å². The van der Waals surface area contributed by atoms with E-state index in [0.29, 0.717) is 0 Å². The number of hydrogen-bond donors (Lipinski definition) is 2. The zero-order valence-electron chi connectivity index (χ0n) is 18.2. The maximum Gasteiger partial charge on any atom is 0.407 e. The minimum Gasteiger partial charge on any atom is -0.507 e. The Kier molecular flexibility index (Phi) is 9.10. The van der Waals surface area contributed by atoms with E-state index in [1.54, 1.807) is 0 Å². The highest BCUT2D eigenvalue weighted by molar-refractivity contribution is 6.38. The van der Waals surface area contributed by atoms with Crippen LogP contribution in [-0.2, 0) is 25.7 Å². The largest absolute Gasteiger partial charge is 0.507 e. The van der Waals surface area contributed by atoms with Crippen LogP contribution >= 0.6 is 0 Å². The van der Waals surface area contributed by atoms with Crippen molar-refractivity contribution in [1.82, 2.24) is 10.2 Å². The van der Waals surface area contributed by atoms with Crippen LogP contribution in [0, 0.1) is 0 Å². The lowest BCUT2D eigenvalue weighted by atomic mass is 10.0. The Labute approximate surface area is 190 Å². The summed E-state index contributed by atoms with van der Waals surface area (Å²) in [5, 5.41) is 12.7. The number of benzene rings is 2. The molecule has 2 aromatic rings. The number of phenols is 1. The van der Waals surface area contributed by atoms with Crippen LogP contribution in [0.4, 0.5) is 4.79 Å². The van der Waals surface area contributed by atoms with Crippen molar-refractivity contribution in [1.29, 1.82) is 0 Å². The number of esters is 1. The topological polar surface area (TPSA) is 139 Å². The van der Waals surface area contributed by atoms with Gasteiger partial charge in [-0.3, -0.25) is 14.4 Å². The molecular weight excluding hydrogens is 432 g/mol. The monoisotopic (exact) mass is 456 g/mol. The second kappa shape index (κ2) is 12.0. The maximum atomic E-state index is 12.6. The molecule has 2 N–H and O–H groups in total. The molecule has 0 radical (unpaired) electrons. The number of ketones is 2. The van der Waals surface area contributed by atoms with Gasteiger partial charge in [0.1, 0.15) is 12.4 Å². The van der Waals surface area contributed by atoms with E-state index in [1.807, 2.05) is 30.3 Å². The molecule has 2 rings (SSSR count). The van der Waals surface area contributed by atoms with Crippen LogP contribution in [0.25, 0.3) is 0 Å². The zero-order valence-corrected chi connectivity index (χ0v) is 18.2. The number of nitrogens with one attached hydrogen (secondary N) is 1. The Morgan fingerprint density at radius 2 is 1.73 bits per heavy atom. The van der Waals surface area contributed by atoms with Crippen LogP contribution in [0.5, 0.6) is 5.75 Å². The molecule has 0 fully saturated rings. The van der Waals surface area contributed by atoms with Crippen LogP contribution in [0.3, 0.4) is 0 Å². The van der Waals surface area contributed by atoms with Crippen LogP contribution in [-0.4, -0.2) is 66.8 Å². The highest BCUT2D eigenvalue weighted by Crippen LogP contribution is 2.21. The van der Waals surface area contributed by atoms with Gasteiger partial charge in [-0.1, -0.05) is 36.4 Å². The van der Waals surface area contributed by atoms with E-state index < -0.39 is 41.7 Å². The van der Waals surface area contributed by atoms with Gasteiger partial charge in [-0.05, 0) is 17.7 Å². The number of carbonyl (C=O) groups excluding carboxylic acids is 5. The van der Waals surface area contributed by atoms with E-state index in [4.69, 9.17) is 4.74 Å². The quantitative estimate of drug-likeness (QED) is 0.238. The molecule has 2 aromatic carbocycles. The summed E-state index contributed by atoms with van der Waals surface area (Å²) < 4.78 is 9.34. The minimum absolute atomic E-state index is 0.0354. The van der Waals surface area contributed by atoms with Gasteiger partial charge in [0.25, 0.3) is 5.91 Å². The van der Waals surface area contributed by atoms with E-state index in [-0.39, 0.29) is 30.8 Å². The first kappa shape index (κ1) is 25.1. The molecule has 10 heteroatoms. The molecule has 0 spiro atoms. The summed E-state index contributed by atoms with van der Waals surface area (Å²) in [4.78, 5) is 60.4. The molecule has 0 saturated heterocycles. The van der Waals surface area contributed by atoms with E-state index in [9.17, 15) is 29.1 Å². The number of Topliss-reactive ketones (excluding diaryl/α,β-unsaturated/α-hetero) is 2. The lowest BCUT2D eigenvalue weighted by Gasteiger charge is -2.18. The number of nitrogens with zero attached hydrogens (tertiary/aromatic N) is 1. The molecule has 2 amide bonds. The highest BCUT2D eigenvalue weighted by Gasteiger charge is 2.22. The van der Waals surface area contributed by atoms with Gasteiger partial charge in [0, 0.05) is 25.7 Å². The van der Waals surface area contributed by atoms with E-state index in [1.165, 1.54) is 24.1 Å². The minimum atomic E-state index is -1.14. The molecule has 0 unspecified atom stereocenters. The van der Waals surface area contributed by atoms with Gasteiger partial charge < -0.3 is 24.8 Å². The smallest absolute Gasteiger partial charge is 0.407 e. The fourth-order valence-electron chi connectivity index (χ4n) is 2.73. The molecule has 0 heterocycles. The van der Waals surface area contributed by atoms with Crippen LogP contribution in [0.1, 0.15) is 32.7 Å². The first-order valence-electron chi connectivity index (χ1n) is 9.90. The zero-order chi connectivity index (χ0) is 24.4. The van der Waals surface area contributed by atoms with Crippen molar-refractivity contribution in [2.45, 2.75) is 13.0 Å². The molecule has 0 saturated carbocycles. The number of amides is 2. The van der Waals surface area contributed by atoms with Crippen LogP contribution in [0.2, 0.25) is 0 Å². The molecule has 0 bridgehead atoms. The number of carbonyl (C=O) groups is 5.